The van der Waals surface area contributed by atoms with E-state index >= 15 is 0 Å². The van der Waals surface area contributed by atoms with E-state index in [2.05, 4.69) is 5.32 Å². The number of carbonyl (C=O) groups excluding carboxylic acids is 3. The number of esters is 1. The smallest absolute Gasteiger partial charge is 0.325 e. The number of carbonyl (C=O) groups is 3. The Balaban J connectivity index is 1.88. The summed E-state index contributed by atoms with van der Waals surface area (Å²) in [5.41, 5.74) is -0.207. The molecule has 0 aromatic heterocycles. The van der Waals surface area contributed by atoms with Crippen LogP contribution < -0.4 is 5.32 Å². The van der Waals surface area contributed by atoms with Gasteiger partial charge in [-0.05, 0) is 31.9 Å². The Morgan fingerprint density at radius 1 is 1.31 bits per heavy atom. The summed E-state index contributed by atoms with van der Waals surface area (Å²) in [6.45, 7) is 2.59. The molecule has 1 aliphatic heterocycles. The lowest BCUT2D eigenvalue weighted by Crippen LogP contribution is -2.48. The molecule has 8 nitrogen and oxygen atoms in total. The molecule has 160 valence electrons. The van der Waals surface area contributed by atoms with Crippen molar-refractivity contribution in [2.75, 3.05) is 24.7 Å². The van der Waals surface area contributed by atoms with E-state index in [0.717, 1.165) is 6.07 Å². The molecule has 0 spiro atoms. The van der Waals surface area contributed by atoms with Crippen LogP contribution in [-0.2, 0) is 24.2 Å². The molecule has 1 aromatic rings. The van der Waals surface area contributed by atoms with E-state index in [1.54, 1.807) is 6.92 Å². The van der Waals surface area contributed by atoms with E-state index in [0.29, 0.717) is 12.8 Å². The lowest BCUT2D eigenvalue weighted by molar-refractivity contribution is -0.153. The van der Waals surface area contributed by atoms with Gasteiger partial charge in [0.1, 0.15) is 12.4 Å². The van der Waals surface area contributed by atoms with Crippen LogP contribution in [0.3, 0.4) is 0 Å². The molecular formula is C19H25FN2O6S. The van der Waals surface area contributed by atoms with Crippen molar-refractivity contribution in [3.05, 3.63) is 35.6 Å². The van der Waals surface area contributed by atoms with Crippen molar-refractivity contribution >= 4 is 27.6 Å². The first kappa shape index (κ1) is 22.8. The summed E-state index contributed by atoms with van der Waals surface area (Å²) in [5, 5.41) is 2.23. The van der Waals surface area contributed by atoms with Crippen molar-refractivity contribution in [3.63, 3.8) is 0 Å². The number of hydrogen-bond acceptors (Lipinski definition) is 6. The first-order chi connectivity index (χ1) is 13.6. The molecule has 1 aliphatic rings. The van der Waals surface area contributed by atoms with Gasteiger partial charge in [0.05, 0.1) is 17.1 Å². The zero-order valence-corrected chi connectivity index (χ0v) is 17.2. The van der Waals surface area contributed by atoms with Gasteiger partial charge in [-0.25, -0.2) is 12.8 Å². The van der Waals surface area contributed by atoms with Crippen LogP contribution in [0, 0.1) is 5.82 Å². The minimum absolute atomic E-state index is 0.0275. The first-order valence-electron chi connectivity index (χ1n) is 9.34. The molecule has 0 unspecified atom stereocenters. The summed E-state index contributed by atoms with van der Waals surface area (Å²) in [5.74, 6) is -2.91. The highest BCUT2D eigenvalue weighted by atomic mass is 32.2. The lowest BCUT2D eigenvalue weighted by atomic mass is 10.1. The van der Waals surface area contributed by atoms with Gasteiger partial charge in [0.15, 0.2) is 16.4 Å². The molecule has 2 amide bonds. The minimum atomic E-state index is -3.17. The Morgan fingerprint density at radius 2 is 2.00 bits per heavy atom. The quantitative estimate of drug-likeness (QED) is 0.617. The third kappa shape index (κ3) is 6.25. The molecule has 0 bridgehead atoms. The van der Waals surface area contributed by atoms with Gasteiger partial charge in [0.25, 0.3) is 11.8 Å². The maximum absolute atomic E-state index is 13.5. The second kappa shape index (κ2) is 9.82. The topological polar surface area (TPSA) is 110 Å². The molecule has 1 N–H and O–H groups in total. The fraction of sp³-hybridized carbons (Fsp3) is 0.526. The van der Waals surface area contributed by atoms with E-state index in [4.69, 9.17) is 4.74 Å². The summed E-state index contributed by atoms with van der Waals surface area (Å²) in [7, 11) is -3.17. The summed E-state index contributed by atoms with van der Waals surface area (Å²) in [4.78, 5) is 37.8. The molecule has 1 aromatic carbocycles. The molecule has 2 rings (SSSR count). The Bertz CT molecular complexity index is 873. The number of rotatable bonds is 8. The molecular weight excluding hydrogens is 403 g/mol. The zero-order chi connectivity index (χ0) is 21.6. The highest BCUT2D eigenvalue weighted by molar-refractivity contribution is 7.91. The van der Waals surface area contributed by atoms with E-state index < -0.39 is 52.6 Å². The molecule has 0 radical (unpaired) electrons. The predicted molar refractivity (Wildman–Crippen MR) is 103 cm³/mol. The van der Waals surface area contributed by atoms with Crippen molar-refractivity contribution in [1.82, 2.24) is 10.2 Å². The average molecular weight is 428 g/mol. The van der Waals surface area contributed by atoms with Crippen molar-refractivity contribution in [1.29, 1.82) is 0 Å². The number of sulfone groups is 1. The summed E-state index contributed by atoms with van der Waals surface area (Å²) in [6, 6.07) is 4.67. The van der Waals surface area contributed by atoms with E-state index in [1.165, 1.54) is 23.1 Å². The predicted octanol–water partition coefficient (Wildman–Crippen LogP) is 0.913. The van der Waals surface area contributed by atoms with Gasteiger partial charge < -0.3 is 15.0 Å². The second-order valence-corrected chi connectivity index (χ2v) is 9.17. The largest absolute Gasteiger partial charge is 0.454 e. The standard InChI is InChI=1S/C19H25FN2O6S/c1-3-13(2)22(14-8-9-29(26,27)12-14)17(23)11-28-18(24)10-21-19(25)15-6-4-5-7-16(15)20/h4-7,13-14H,3,8-12H2,1-2H3,(H,21,25)/t13-,14-/m1/s1. The first-order valence-corrected chi connectivity index (χ1v) is 11.2. The second-order valence-electron chi connectivity index (χ2n) is 6.94. The van der Waals surface area contributed by atoms with E-state index in [1.807, 2.05) is 6.92 Å². The molecule has 1 fully saturated rings. The Morgan fingerprint density at radius 3 is 2.59 bits per heavy atom. The zero-order valence-electron chi connectivity index (χ0n) is 16.4. The molecule has 2 atom stereocenters. The van der Waals surface area contributed by atoms with E-state index in [9.17, 15) is 27.2 Å². The minimum Gasteiger partial charge on any atom is -0.454 e. The maximum atomic E-state index is 13.5. The highest BCUT2D eigenvalue weighted by Gasteiger charge is 2.36. The number of halogens is 1. The SMILES string of the molecule is CC[C@@H](C)N(C(=O)COC(=O)CNC(=O)c1ccccc1F)[C@@H]1CCS(=O)(=O)C1. The number of benzene rings is 1. The Labute approximate surface area is 169 Å². The van der Waals surface area contributed by atoms with Gasteiger partial charge in [-0.1, -0.05) is 19.1 Å². The van der Waals surface area contributed by atoms with Gasteiger partial charge in [-0.15, -0.1) is 0 Å². The lowest BCUT2D eigenvalue weighted by Gasteiger charge is -2.33. The van der Waals surface area contributed by atoms with Crippen LogP contribution in [-0.4, -0.2) is 67.8 Å². The number of hydrogen-bond donors (Lipinski definition) is 1. The van der Waals surface area contributed by atoms with Crippen LogP contribution >= 0.6 is 0 Å². The number of ether oxygens (including phenoxy) is 1. The number of amides is 2. The Kier molecular flexibility index (Phi) is 7.72. The molecule has 10 heteroatoms. The number of nitrogens with one attached hydrogen (secondary N) is 1. The van der Waals surface area contributed by atoms with Crippen LogP contribution in [0.4, 0.5) is 4.39 Å². The third-order valence-electron chi connectivity index (χ3n) is 4.82. The van der Waals surface area contributed by atoms with Crippen molar-refractivity contribution in [3.8, 4) is 0 Å². The van der Waals surface area contributed by atoms with Crippen LogP contribution in [0.1, 0.15) is 37.0 Å². The van der Waals surface area contributed by atoms with Crippen LogP contribution in [0.15, 0.2) is 24.3 Å². The normalized spacial score (nSPS) is 18.7. The van der Waals surface area contributed by atoms with E-state index in [-0.39, 0.29) is 23.1 Å². The fourth-order valence-corrected chi connectivity index (χ4v) is 4.87. The van der Waals surface area contributed by atoms with Gasteiger partial charge in [-0.2, -0.15) is 0 Å². The summed E-state index contributed by atoms with van der Waals surface area (Å²) >= 11 is 0. The van der Waals surface area contributed by atoms with Crippen LogP contribution in [0.5, 0.6) is 0 Å². The molecule has 0 saturated carbocycles. The Hall–Kier alpha value is -2.49. The molecule has 1 saturated heterocycles. The molecule has 0 aliphatic carbocycles. The van der Waals surface area contributed by atoms with Gasteiger partial charge in [0, 0.05) is 12.1 Å². The van der Waals surface area contributed by atoms with Crippen LogP contribution in [0.25, 0.3) is 0 Å². The maximum Gasteiger partial charge on any atom is 0.325 e. The third-order valence-corrected chi connectivity index (χ3v) is 6.57. The van der Waals surface area contributed by atoms with Crippen LogP contribution in [0.2, 0.25) is 0 Å². The van der Waals surface area contributed by atoms with Gasteiger partial charge >= 0.3 is 5.97 Å². The van der Waals surface area contributed by atoms with Crippen molar-refractivity contribution < 1.29 is 31.9 Å². The van der Waals surface area contributed by atoms with Crippen molar-refractivity contribution in [2.24, 2.45) is 0 Å². The fourth-order valence-electron chi connectivity index (χ4n) is 3.16. The monoisotopic (exact) mass is 428 g/mol. The molecule has 1 heterocycles. The van der Waals surface area contributed by atoms with Crippen molar-refractivity contribution in [2.45, 2.75) is 38.8 Å². The average Bonchev–Trinajstić information content (AvgIpc) is 3.03. The number of nitrogens with zero attached hydrogens (tertiary/aromatic N) is 1. The van der Waals surface area contributed by atoms with Gasteiger partial charge in [-0.3, -0.25) is 14.4 Å². The van der Waals surface area contributed by atoms with Gasteiger partial charge in [0.2, 0.25) is 0 Å². The molecule has 29 heavy (non-hydrogen) atoms. The highest BCUT2D eigenvalue weighted by Crippen LogP contribution is 2.21. The summed E-state index contributed by atoms with van der Waals surface area (Å²) in [6.07, 6.45) is 0.972. The summed E-state index contributed by atoms with van der Waals surface area (Å²) < 4.78 is 42.0.